The Hall–Kier alpha value is -3.90. The largest absolute Gasteiger partial charge is 0.493 e. The number of para-hydroxylation sites is 1. The van der Waals surface area contributed by atoms with Crippen LogP contribution in [0.5, 0.6) is 17.2 Å². The van der Waals surface area contributed by atoms with Crippen LogP contribution in [0.25, 0.3) is 0 Å². The number of nitrogens with zero attached hydrogens (tertiary/aromatic N) is 1. The summed E-state index contributed by atoms with van der Waals surface area (Å²) < 4.78 is 22.7. The van der Waals surface area contributed by atoms with Gasteiger partial charge in [-0.05, 0) is 60.2 Å². The molecule has 0 radical (unpaired) electrons. The topological polar surface area (TPSA) is 120 Å². The third-order valence-corrected chi connectivity index (χ3v) is 6.29. The van der Waals surface area contributed by atoms with Gasteiger partial charge in [0.05, 0.1) is 31.5 Å². The van der Waals surface area contributed by atoms with Crippen LogP contribution in [-0.2, 0) is 14.3 Å². The zero-order valence-corrected chi connectivity index (χ0v) is 24.1. The minimum absolute atomic E-state index is 0.224. The highest BCUT2D eigenvalue weighted by molar-refractivity contribution is 9.10. The number of hydrogen-bond acceptors (Lipinski definition) is 8. The molecule has 0 unspecified atom stereocenters. The number of carbonyl (C=O) groups is 2. The van der Waals surface area contributed by atoms with E-state index in [1.165, 1.54) is 13.3 Å². The van der Waals surface area contributed by atoms with Crippen molar-refractivity contribution >= 4 is 51.4 Å². The van der Waals surface area contributed by atoms with Crippen molar-refractivity contribution in [2.24, 2.45) is 5.10 Å². The molecule has 1 atom stereocenters. The minimum atomic E-state index is -0.624. The van der Waals surface area contributed by atoms with Crippen LogP contribution in [0.4, 0.5) is 0 Å². The second-order valence-electron chi connectivity index (χ2n) is 8.03. The summed E-state index contributed by atoms with van der Waals surface area (Å²) in [5.41, 5.74) is 4.67. The average molecular weight is 618 g/mol. The van der Waals surface area contributed by atoms with E-state index in [0.29, 0.717) is 55.8 Å². The molecule has 2 aromatic carbocycles. The fourth-order valence-corrected chi connectivity index (χ4v) is 4.37. The van der Waals surface area contributed by atoms with Gasteiger partial charge in [-0.3, -0.25) is 4.79 Å². The van der Waals surface area contributed by atoms with Gasteiger partial charge in [0, 0.05) is 21.3 Å². The van der Waals surface area contributed by atoms with Gasteiger partial charge in [-0.15, -0.1) is 0 Å². The maximum Gasteiger partial charge on any atom is 0.338 e. The molecule has 0 saturated heterocycles. The number of ether oxygens (including phenoxy) is 4. The van der Waals surface area contributed by atoms with Crippen LogP contribution >= 0.6 is 28.1 Å². The van der Waals surface area contributed by atoms with Crippen LogP contribution < -0.4 is 30.3 Å². The van der Waals surface area contributed by atoms with Crippen molar-refractivity contribution in [1.82, 2.24) is 16.1 Å². The van der Waals surface area contributed by atoms with Gasteiger partial charge >= 0.3 is 5.97 Å². The summed E-state index contributed by atoms with van der Waals surface area (Å²) in [6.45, 7) is 7.35. The smallest absolute Gasteiger partial charge is 0.338 e. The van der Waals surface area contributed by atoms with Crippen molar-refractivity contribution in [2.45, 2.75) is 19.9 Å². The van der Waals surface area contributed by atoms with Crippen LogP contribution in [0, 0.1) is 0 Å². The highest BCUT2D eigenvalue weighted by atomic mass is 79.9. The SMILES string of the molecule is C=CCOc1cc(Br)c(C=NNC(=O)COc2ccccc2[C@@H]2NC(=S)NC(C)=C2C(=O)OCC)cc1OC. The number of hydrazone groups is 1. The number of methoxy groups -OCH3 is 1. The van der Waals surface area contributed by atoms with Gasteiger partial charge in [-0.1, -0.05) is 30.9 Å². The molecule has 0 aliphatic carbocycles. The van der Waals surface area contributed by atoms with E-state index < -0.39 is 17.9 Å². The molecule has 0 saturated carbocycles. The zero-order chi connectivity index (χ0) is 28.4. The number of rotatable bonds is 12. The lowest BCUT2D eigenvalue weighted by Gasteiger charge is -2.30. The third-order valence-electron chi connectivity index (χ3n) is 5.39. The van der Waals surface area contributed by atoms with E-state index in [1.54, 1.807) is 56.3 Å². The standard InChI is InChI=1S/C27H29BrN4O6S/c1-5-11-37-22-13-19(28)17(12-21(22)35-4)14-29-32-23(33)15-38-20-10-8-7-9-18(20)25-24(26(34)36-6-2)16(3)30-27(39)31-25/h5,7-10,12-14,25H,1,6,11,15H2,2-4H3,(H,32,33)(H2,30,31,39)/t25-/m0/s1. The minimum Gasteiger partial charge on any atom is -0.493 e. The lowest BCUT2D eigenvalue weighted by Crippen LogP contribution is -2.45. The van der Waals surface area contributed by atoms with E-state index in [1.807, 2.05) is 0 Å². The Morgan fingerprint density at radius 1 is 1.21 bits per heavy atom. The molecular formula is C27H29BrN4O6S. The lowest BCUT2D eigenvalue weighted by molar-refractivity contribution is -0.139. The van der Waals surface area contributed by atoms with E-state index in [9.17, 15) is 9.59 Å². The molecule has 1 heterocycles. The van der Waals surface area contributed by atoms with Crippen LogP contribution in [0.3, 0.4) is 0 Å². The third kappa shape index (κ3) is 7.80. The second-order valence-corrected chi connectivity index (χ2v) is 9.30. The lowest BCUT2D eigenvalue weighted by atomic mass is 9.95. The molecule has 0 spiro atoms. The van der Waals surface area contributed by atoms with Crippen molar-refractivity contribution in [3.05, 3.63) is 75.9 Å². The Labute approximate surface area is 240 Å². The molecule has 0 bridgehead atoms. The first kappa shape index (κ1) is 29.7. The Kier molecular flexibility index (Phi) is 10.9. The second kappa shape index (κ2) is 14.3. The highest BCUT2D eigenvalue weighted by Crippen LogP contribution is 2.34. The van der Waals surface area contributed by atoms with Crippen molar-refractivity contribution in [3.8, 4) is 17.2 Å². The summed E-state index contributed by atoms with van der Waals surface area (Å²) >= 11 is 8.76. The summed E-state index contributed by atoms with van der Waals surface area (Å²) in [7, 11) is 1.53. The normalized spacial score (nSPS) is 14.8. The number of allylic oxidation sites excluding steroid dienone is 1. The summed E-state index contributed by atoms with van der Waals surface area (Å²) in [6.07, 6.45) is 3.10. The zero-order valence-electron chi connectivity index (χ0n) is 21.7. The number of benzene rings is 2. The van der Waals surface area contributed by atoms with Crippen molar-refractivity contribution in [2.75, 3.05) is 26.9 Å². The summed E-state index contributed by atoms with van der Waals surface area (Å²) in [5.74, 6) is 0.479. The van der Waals surface area contributed by atoms with Crippen LogP contribution in [0.1, 0.15) is 31.0 Å². The van der Waals surface area contributed by atoms with Gasteiger partial charge in [0.25, 0.3) is 5.91 Å². The first-order valence-corrected chi connectivity index (χ1v) is 13.1. The summed E-state index contributed by atoms with van der Waals surface area (Å²) in [6, 6.07) is 9.90. The van der Waals surface area contributed by atoms with Gasteiger partial charge in [0.15, 0.2) is 23.2 Å². The van der Waals surface area contributed by atoms with Crippen molar-refractivity contribution in [1.29, 1.82) is 0 Å². The molecule has 3 rings (SSSR count). The molecule has 10 nitrogen and oxygen atoms in total. The van der Waals surface area contributed by atoms with Gasteiger partial charge in [0.2, 0.25) is 0 Å². The molecule has 1 amide bonds. The molecule has 2 aromatic rings. The van der Waals surface area contributed by atoms with E-state index in [2.05, 4.69) is 43.7 Å². The fourth-order valence-electron chi connectivity index (χ4n) is 3.68. The van der Waals surface area contributed by atoms with E-state index in [4.69, 9.17) is 31.2 Å². The predicted molar refractivity (Wildman–Crippen MR) is 155 cm³/mol. The Morgan fingerprint density at radius 2 is 1.97 bits per heavy atom. The molecule has 12 heteroatoms. The number of amides is 1. The fraction of sp³-hybridized carbons (Fsp3) is 0.259. The predicted octanol–water partition coefficient (Wildman–Crippen LogP) is 3.91. The van der Waals surface area contributed by atoms with Gasteiger partial charge in [-0.2, -0.15) is 5.10 Å². The molecule has 1 aliphatic heterocycles. The van der Waals surface area contributed by atoms with Crippen molar-refractivity contribution < 1.29 is 28.5 Å². The first-order valence-electron chi connectivity index (χ1n) is 11.9. The average Bonchev–Trinajstić information content (AvgIpc) is 2.91. The number of hydrogen-bond donors (Lipinski definition) is 3. The van der Waals surface area contributed by atoms with E-state index in [-0.39, 0.29) is 13.2 Å². The molecular weight excluding hydrogens is 588 g/mol. The Balaban J connectivity index is 1.70. The van der Waals surface area contributed by atoms with Crippen LogP contribution in [0.2, 0.25) is 0 Å². The molecule has 1 aliphatic rings. The number of carbonyl (C=O) groups excluding carboxylic acids is 2. The van der Waals surface area contributed by atoms with Gasteiger partial charge in [0.1, 0.15) is 12.4 Å². The quantitative estimate of drug-likeness (QED) is 0.107. The molecule has 3 N–H and O–H groups in total. The Morgan fingerprint density at radius 3 is 2.69 bits per heavy atom. The van der Waals surface area contributed by atoms with Gasteiger partial charge < -0.3 is 29.6 Å². The number of esters is 1. The maximum absolute atomic E-state index is 12.7. The molecule has 0 aromatic heterocycles. The summed E-state index contributed by atoms with van der Waals surface area (Å²) in [4.78, 5) is 25.2. The van der Waals surface area contributed by atoms with E-state index in [0.717, 1.165) is 0 Å². The summed E-state index contributed by atoms with van der Waals surface area (Å²) in [5, 5.41) is 10.4. The highest BCUT2D eigenvalue weighted by Gasteiger charge is 2.32. The number of thiocarbonyl (C=S) groups is 1. The first-order chi connectivity index (χ1) is 18.8. The Bertz CT molecular complexity index is 1310. The van der Waals surface area contributed by atoms with Crippen molar-refractivity contribution in [3.63, 3.8) is 0 Å². The van der Waals surface area contributed by atoms with E-state index >= 15 is 0 Å². The molecule has 206 valence electrons. The number of nitrogens with one attached hydrogen (secondary N) is 3. The number of halogens is 1. The molecule has 39 heavy (non-hydrogen) atoms. The monoisotopic (exact) mass is 616 g/mol. The van der Waals surface area contributed by atoms with Crippen LogP contribution in [0.15, 0.2) is 69.9 Å². The molecule has 0 fully saturated rings. The van der Waals surface area contributed by atoms with Crippen LogP contribution in [-0.4, -0.2) is 50.1 Å². The maximum atomic E-state index is 12.7. The van der Waals surface area contributed by atoms with Gasteiger partial charge in [-0.25, -0.2) is 10.2 Å².